The summed E-state index contributed by atoms with van der Waals surface area (Å²) in [5.41, 5.74) is -0.00797. The molecule has 0 atom stereocenters. The average Bonchev–Trinajstić information content (AvgIpc) is 2.33. The maximum absolute atomic E-state index is 12.6. The number of benzene rings is 1. The second kappa shape index (κ2) is 7.36. The lowest BCUT2D eigenvalue weighted by atomic mass is 10.2. The van der Waals surface area contributed by atoms with Crippen LogP contribution in [0.4, 0.5) is 18.9 Å². The van der Waals surface area contributed by atoms with Gasteiger partial charge in [0.25, 0.3) is 0 Å². The molecular formula is C12H14BrClF3NO. The second-order valence-corrected chi connectivity index (χ2v) is 5.07. The fourth-order valence-corrected chi connectivity index (χ4v) is 2.43. The average molecular weight is 361 g/mol. The molecule has 1 aromatic rings. The van der Waals surface area contributed by atoms with E-state index in [0.29, 0.717) is 35.7 Å². The highest BCUT2D eigenvalue weighted by Crippen LogP contribution is 2.35. The molecule has 19 heavy (non-hydrogen) atoms. The van der Waals surface area contributed by atoms with Gasteiger partial charge < -0.3 is 9.64 Å². The van der Waals surface area contributed by atoms with Crippen molar-refractivity contribution in [3.8, 4) is 0 Å². The lowest BCUT2D eigenvalue weighted by Gasteiger charge is -2.25. The first kappa shape index (κ1) is 16.6. The number of hydrogen-bond donors (Lipinski definition) is 0. The third-order valence-electron chi connectivity index (χ3n) is 2.54. The van der Waals surface area contributed by atoms with Crippen LogP contribution in [0.15, 0.2) is 22.7 Å². The van der Waals surface area contributed by atoms with Gasteiger partial charge in [0, 0.05) is 30.6 Å². The van der Waals surface area contributed by atoms with Gasteiger partial charge in [0.1, 0.15) is 0 Å². The fraction of sp³-hybridized carbons (Fsp3) is 0.500. The van der Waals surface area contributed by atoms with E-state index in [1.807, 2.05) is 4.90 Å². The van der Waals surface area contributed by atoms with Crippen molar-refractivity contribution in [2.24, 2.45) is 0 Å². The molecule has 1 aromatic carbocycles. The van der Waals surface area contributed by atoms with Crippen LogP contribution < -0.4 is 4.90 Å². The zero-order valence-corrected chi connectivity index (χ0v) is 12.6. The Hall–Kier alpha value is -0.460. The molecule has 0 aliphatic carbocycles. The molecule has 0 heterocycles. The fourth-order valence-electron chi connectivity index (χ4n) is 1.60. The van der Waals surface area contributed by atoms with E-state index in [9.17, 15) is 13.2 Å². The van der Waals surface area contributed by atoms with Crippen LogP contribution in [0, 0.1) is 0 Å². The number of anilines is 1. The van der Waals surface area contributed by atoms with Crippen molar-refractivity contribution < 1.29 is 17.9 Å². The Balaban J connectivity index is 2.97. The maximum atomic E-state index is 12.6. The molecule has 0 aromatic heterocycles. The number of nitrogens with zero attached hydrogens (tertiary/aromatic N) is 1. The van der Waals surface area contributed by atoms with Gasteiger partial charge in [-0.1, -0.05) is 0 Å². The molecule has 0 N–H and O–H groups in total. The molecule has 7 heteroatoms. The molecule has 0 saturated heterocycles. The highest BCUT2D eigenvalue weighted by molar-refractivity contribution is 9.10. The predicted octanol–water partition coefficient (Wildman–Crippen LogP) is 4.16. The van der Waals surface area contributed by atoms with Crippen LogP contribution in [0.3, 0.4) is 0 Å². The minimum absolute atomic E-state index is 0.386. The smallest absolute Gasteiger partial charge is 0.383 e. The Bertz CT molecular complexity index is 414. The summed E-state index contributed by atoms with van der Waals surface area (Å²) in [5.74, 6) is 0.386. The lowest BCUT2D eigenvalue weighted by molar-refractivity contribution is -0.137. The van der Waals surface area contributed by atoms with Gasteiger partial charge in [-0.15, -0.1) is 11.6 Å². The minimum atomic E-state index is -4.34. The van der Waals surface area contributed by atoms with Crippen molar-refractivity contribution in [1.29, 1.82) is 0 Å². The van der Waals surface area contributed by atoms with Gasteiger partial charge in [-0.2, -0.15) is 13.2 Å². The number of ether oxygens (including phenoxy) is 1. The third kappa shape index (κ3) is 4.85. The number of alkyl halides is 4. The van der Waals surface area contributed by atoms with Crippen molar-refractivity contribution in [1.82, 2.24) is 0 Å². The van der Waals surface area contributed by atoms with E-state index in [-0.39, 0.29) is 0 Å². The molecule has 0 aliphatic rings. The monoisotopic (exact) mass is 359 g/mol. The van der Waals surface area contributed by atoms with Crippen molar-refractivity contribution in [2.75, 3.05) is 37.6 Å². The molecule has 1 rings (SSSR count). The van der Waals surface area contributed by atoms with E-state index >= 15 is 0 Å². The summed E-state index contributed by atoms with van der Waals surface area (Å²) >= 11 is 8.88. The first-order chi connectivity index (χ1) is 8.90. The number of halogens is 5. The number of methoxy groups -OCH3 is 1. The van der Waals surface area contributed by atoms with Gasteiger partial charge >= 0.3 is 6.18 Å². The highest BCUT2D eigenvalue weighted by Gasteiger charge is 2.31. The summed E-state index contributed by atoms with van der Waals surface area (Å²) in [5, 5.41) is 0. The Kier molecular flexibility index (Phi) is 6.42. The number of rotatable bonds is 6. The molecule has 0 unspecified atom stereocenters. The zero-order valence-electron chi connectivity index (χ0n) is 10.3. The molecule has 0 aliphatic heterocycles. The van der Waals surface area contributed by atoms with E-state index in [1.165, 1.54) is 6.07 Å². The Morgan fingerprint density at radius 3 is 2.47 bits per heavy atom. The van der Waals surface area contributed by atoms with E-state index in [2.05, 4.69) is 15.9 Å². The summed E-state index contributed by atoms with van der Waals surface area (Å²) in [7, 11) is 1.57. The Labute approximate surface area is 123 Å². The quantitative estimate of drug-likeness (QED) is 0.706. The molecule has 0 radical (unpaired) electrons. The zero-order chi connectivity index (χ0) is 14.5. The third-order valence-corrected chi connectivity index (χ3v) is 3.34. The van der Waals surface area contributed by atoms with Crippen LogP contribution in [-0.2, 0) is 10.9 Å². The Morgan fingerprint density at radius 1 is 1.32 bits per heavy atom. The van der Waals surface area contributed by atoms with Crippen LogP contribution >= 0.6 is 27.5 Å². The lowest BCUT2D eigenvalue weighted by Crippen LogP contribution is -2.29. The van der Waals surface area contributed by atoms with Gasteiger partial charge in [0.2, 0.25) is 0 Å². The summed E-state index contributed by atoms with van der Waals surface area (Å²) in [4.78, 5) is 1.88. The molecule has 0 saturated carbocycles. The molecule has 0 fully saturated rings. The van der Waals surface area contributed by atoms with Crippen molar-refractivity contribution in [2.45, 2.75) is 6.18 Å². The van der Waals surface area contributed by atoms with E-state index in [1.54, 1.807) is 7.11 Å². The molecule has 2 nitrogen and oxygen atoms in total. The topological polar surface area (TPSA) is 12.5 Å². The van der Waals surface area contributed by atoms with E-state index < -0.39 is 11.7 Å². The molecule has 0 spiro atoms. The van der Waals surface area contributed by atoms with Crippen LogP contribution in [-0.4, -0.2) is 32.7 Å². The standard InChI is InChI=1S/C12H14BrClF3NO/c1-19-7-6-18(5-4-14)11-3-2-9(8-10(11)13)12(15,16)17/h2-3,8H,4-7H2,1H3. The van der Waals surface area contributed by atoms with Crippen LogP contribution in [0.1, 0.15) is 5.56 Å². The summed E-state index contributed by atoms with van der Waals surface area (Å²) in [6.45, 7) is 1.58. The van der Waals surface area contributed by atoms with Gasteiger partial charge in [0.15, 0.2) is 0 Å². The van der Waals surface area contributed by atoms with E-state index in [4.69, 9.17) is 16.3 Å². The molecule has 108 valence electrons. The van der Waals surface area contributed by atoms with Gasteiger partial charge in [-0.05, 0) is 34.1 Å². The van der Waals surface area contributed by atoms with Crippen molar-refractivity contribution >= 4 is 33.2 Å². The second-order valence-electron chi connectivity index (χ2n) is 3.83. The highest BCUT2D eigenvalue weighted by atomic mass is 79.9. The largest absolute Gasteiger partial charge is 0.416 e. The Morgan fingerprint density at radius 2 is 2.00 bits per heavy atom. The van der Waals surface area contributed by atoms with Crippen LogP contribution in [0.25, 0.3) is 0 Å². The first-order valence-electron chi connectivity index (χ1n) is 5.56. The van der Waals surface area contributed by atoms with E-state index in [0.717, 1.165) is 12.1 Å². The van der Waals surface area contributed by atoms with Crippen molar-refractivity contribution in [3.63, 3.8) is 0 Å². The molecular weight excluding hydrogens is 346 g/mol. The normalized spacial score (nSPS) is 11.7. The SMILES string of the molecule is COCCN(CCCl)c1ccc(C(F)(F)F)cc1Br. The van der Waals surface area contributed by atoms with Crippen LogP contribution in [0.5, 0.6) is 0 Å². The summed E-state index contributed by atoms with van der Waals surface area (Å²) in [6, 6.07) is 3.58. The van der Waals surface area contributed by atoms with Crippen molar-refractivity contribution in [3.05, 3.63) is 28.2 Å². The van der Waals surface area contributed by atoms with Gasteiger partial charge in [0.05, 0.1) is 17.9 Å². The molecule has 0 amide bonds. The van der Waals surface area contributed by atoms with Gasteiger partial charge in [-0.25, -0.2) is 0 Å². The van der Waals surface area contributed by atoms with Gasteiger partial charge in [-0.3, -0.25) is 0 Å². The molecule has 0 bridgehead atoms. The summed E-state index contributed by atoms with van der Waals surface area (Å²) < 4.78 is 43.1. The maximum Gasteiger partial charge on any atom is 0.416 e. The van der Waals surface area contributed by atoms with Crippen LogP contribution in [0.2, 0.25) is 0 Å². The first-order valence-corrected chi connectivity index (χ1v) is 6.89. The minimum Gasteiger partial charge on any atom is -0.383 e. The summed E-state index contributed by atoms with van der Waals surface area (Å²) in [6.07, 6.45) is -4.34. The number of hydrogen-bond acceptors (Lipinski definition) is 2. The predicted molar refractivity (Wildman–Crippen MR) is 74.0 cm³/mol.